The van der Waals surface area contributed by atoms with E-state index >= 15 is 0 Å². The predicted octanol–water partition coefficient (Wildman–Crippen LogP) is 4.55. The Morgan fingerprint density at radius 1 is 1.33 bits per heavy atom. The molecule has 2 aromatic rings. The highest BCUT2D eigenvalue weighted by Crippen LogP contribution is 2.47. The van der Waals surface area contributed by atoms with Gasteiger partial charge in [0.05, 0.1) is 5.57 Å². The molecule has 1 aromatic heterocycles. The molecule has 1 aliphatic carbocycles. The van der Waals surface area contributed by atoms with E-state index in [-0.39, 0.29) is 5.91 Å². The van der Waals surface area contributed by atoms with Gasteiger partial charge in [0.25, 0.3) is 5.91 Å². The van der Waals surface area contributed by atoms with Crippen LogP contribution in [-0.2, 0) is 4.79 Å². The molecular formula is C17H14ClNO2. The Hall–Kier alpha value is -2.00. The van der Waals surface area contributed by atoms with E-state index in [0.717, 1.165) is 17.0 Å². The first-order chi connectivity index (χ1) is 10.1. The number of furan rings is 1. The van der Waals surface area contributed by atoms with Crippen molar-refractivity contribution in [2.75, 3.05) is 5.32 Å². The number of halogens is 1. The number of anilines is 1. The molecule has 0 spiro atoms. The standard InChI is InChI=1S/C17H14ClNO2/c1-9-6-12(9)16-5-3-11(21-16)8-14-13-7-10(18)2-4-15(13)19-17(14)20/h2-5,7-9,12H,6H2,1H3,(H,19,20)/b14-8-/t9-,12-/m1/s1. The smallest absolute Gasteiger partial charge is 0.256 e. The molecule has 2 aliphatic rings. The molecule has 2 atom stereocenters. The number of rotatable bonds is 2. The molecular weight excluding hydrogens is 286 g/mol. The quantitative estimate of drug-likeness (QED) is 0.827. The van der Waals surface area contributed by atoms with Crippen molar-refractivity contribution in [3.8, 4) is 0 Å². The van der Waals surface area contributed by atoms with Gasteiger partial charge in [0, 0.05) is 22.2 Å². The molecule has 2 heterocycles. The third-order valence-electron chi connectivity index (χ3n) is 4.17. The zero-order valence-electron chi connectivity index (χ0n) is 11.5. The minimum atomic E-state index is -0.120. The average Bonchev–Trinajstić information content (AvgIpc) is 2.89. The summed E-state index contributed by atoms with van der Waals surface area (Å²) < 4.78 is 5.84. The summed E-state index contributed by atoms with van der Waals surface area (Å²) in [5.74, 6) is 2.84. The van der Waals surface area contributed by atoms with Gasteiger partial charge in [0.15, 0.2) is 0 Å². The van der Waals surface area contributed by atoms with E-state index in [1.165, 1.54) is 6.42 Å². The highest BCUT2D eigenvalue weighted by Gasteiger charge is 2.36. The Morgan fingerprint density at radius 2 is 2.14 bits per heavy atom. The van der Waals surface area contributed by atoms with Crippen LogP contribution in [0.1, 0.15) is 36.3 Å². The van der Waals surface area contributed by atoms with Crippen LogP contribution in [0.15, 0.2) is 34.7 Å². The first-order valence-corrected chi connectivity index (χ1v) is 7.42. The fraction of sp³-hybridized carbons (Fsp3) is 0.235. The minimum Gasteiger partial charge on any atom is -0.461 e. The highest BCUT2D eigenvalue weighted by molar-refractivity contribution is 6.36. The Bertz CT molecular complexity index is 775. The molecule has 3 nitrogen and oxygen atoms in total. The van der Waals surface area contributed by atoms with E-state index in [0.29, 0.717) is 28.2 Å². The summed E-state index contributed by atoms with van der Waals surface area (Å²) in [5, 5.41) is 3.45. The third kappa shape index (κ3) is 2.18. The lowest BCUT2D eigenvalue weighted by atomic mass is 10.1. The second kappa shape index (κ2) is 4.50. The number of hydrogen-bond donors (Lipinski definition) is 1. The molecule has 1 amide bonds. The van der Waals surface area contributed by atoms with Crippen molar-refractivity contribution in [2.45, 2.75) is 19.3 Å². The number of nitrogens with one attached hydrogen (secondary N) is 1. The molecule has 1 N–H and O–H groups in total. The predicted molar refractivity (Wildman–Crippen MR) is 83.2 cm³/mol. The molecule has 0 saturated heterocycles. The molecule has 21 heavy (non-hydrogen) atoms. The largest absolute Gasteiger partial charge is 0.461 e. The molecule has 0 unspecified atom stereocenters. The molecule has 1 saturated carbocycles. The van der Waals surface area contributed by atoms with Crippen molar-refractivity contribution >= 4 is 34.8 Å². The second-order valence-corrected chi connectivity index (χ2v) is 6.20. The zero-order chi connectivity index (χ0) is 14.6. The van der Waals surface area contributed by atoms with Crippen molar-refractivity contribution < 1.29 is 9.21 Å². The number of amides is 1. The van der Waals surface area contributed by atoms with Gasteiger partial charge in [-0.3, -0.25) is 4.79 Å². The maximum atomic E-state index is 12.1. The first-order valence-electron chi connectivity index (χ1n) is 7.04. The highest BCUT2D eigenvalue weighted by atomic mass is 35.5. The average molecular weight is 300 g/mol. The molecule has 106 valence electrons. The number of carbonyl (C=O) groups is 1. The number of carbonyl (C=O) groups excluding carboxylic acids is 1. The van der Waals surface area contributed by atoms with E-state index in [2.05, 4.69) is 12.2 Å². The molecule has 4 heteroatoms. The van der Waals surface area contributed by atoms with Gasteiger partial charge in [-0.1, -0.05) is 18.5 Å². The lowest BCUT2D eigenvalue weighted by Gasteiger charge is -1.98. The molecule has 0 bridgehead atoms. The van der Waals surface area contributed by atoms with Gasteiger partial charge in [-0.25, -0.2) is 0 Å². The molecule has 1 aliphatic heterocycles. The zero-order valence-corrected chi connectivity index (χ0v) is 12.3. The second-order valence-electron chi connectivity index (χ2n) is 5.76. The fourth-order valence-electron chi connectivity index (χ4n) is 2.81. The van der Waals surface area contributed by atoms with Crippen LogP contribution in [0.3, 0.4) is 0 Å². The van der Waals surface area contributed by atoms with E-state index in [1.807, 2.05) is 18.2 Å². The summed E-state index contributed by atoms with van der Waals surface area (Å²) in [6, 6.07) is 9.31. The maximum Gasteiger partial charge on any atom is 0.256 e. The SMILES string of the molecule is C[C@@H]1C[C@H]1c1ccc(/C=C2\C(=O)Nc3ccc(Cl)cc32)o1. The van der Waals surface area contributed by atoms with Crippen LogP contribution in [0.5, 0.6) is 0 Å². The lowest BCUT2D eigenvalue weighted by Crippen LogP contribution is -2.03. The summed E-state index contributed by atoms with van der Waals surface area (Å²) in [6.07, 6.45) is 2.97. The molecule has 1 aromatic carbocycles. The van der Waals surface area contributed by atoms with Gasteiger partial charge in [-0.15, -0.1) is 0 Å². The van der Waals surface area contributed by atoms with Crippen LogP contribution in [0, 0.1) is 5.92 Å². The fourth-order valence-corrected chi connectivity index (χ4v) is 2.98. The lowest BCUT2D eigenvalue weighted by molar-refractivity contribution is -0.110. The number of fused-ring (bicyclic) bond motifs is 1. The van der Waals surface area contributed by atoms with Crippen LogP contribution in [0.4, 0.5) is 5.69 Å². The van der Waals surface area contributed by atoms with Crippen molar-refractivity contribution in [3.05, 3.63) is 52.4 Å². The van der Waals surface area contributed by atoms with Gasteiger partial charge in [-0.05, 0) is 48.7 Å². The third-order valence-corrected chi connectivity index (χ3v) is 4.41. The monoisotopic (exact) mass is 299 g/mol. The summed E-state index contributed by atoms with van der Waals surface area (Å²) in [5.41, 5.74) is 2.21. The Morgan fingerprint density at radius 3 is 2.90 bits per heavy atom. The van der Waals surface area contributed by atoms with Crippen LogP contribution in [-0.4, -0.2) is 5.91 Å². The van der Waals surface area contributed by atoms with Gasteiger partial charge >= 0.3 is 0 Å². The number of hydrogen-bond acceptors (Lipinski definition) is 2. The Balaban J connectivity index is 1.71. The van der Waals surface area contributed by atoms with Gasteiger partial charge in [0.1, 0.15) is 11.5 Å². The normalized spacial score (nSPS) is 25.0. The van der Waals surface area contributed by atoms with Crippen molar-refractivity contribution in [1.29, 1.82) is 0 Å². The van der Waals surface area contributed by atoms with Crippen LogP contribution >= 0.6 is 11.6 Å². The van der Waals surface area contributed by atoms with Crippen molar-refractivity contribution in [3.63, 3.8) is 0 Å². The summed E-state index contributed by atoms with van der Waals surface area (Å²) in [7, 11) is 0. The summed E-state index contributed by atoms with van der Waals surface area (Å²) >= 11 is 6.02. The Labute approximate surface area is 127 Å². The van der Waals surface area contributed by atoms with E-state index in [9.17, 15) is 4.79 Å². The van der Waals surface area contributed by atoms with Crippen LogP contribution in [0.25, 0.3) is 11.6 Å². The number of benzene rings is 1. The van der Waals surface area contributed by atoms with Gasteiger partial charge in [0.2, 0.25) is 0 Å². The Kier molecular flexibility index (Phi) is 2.73. The topological polar surface area (TPSA) is 42.2 Å². The van der Waals surface area contributed by atoms with Gasteiger partial charge < -0.3 is 9.73 Å². The first kappa shape index (κ1) is 12.7. The molecule has 4 rings (SSSR count). The summed E-state index contributed by atoms with van der Waals surface area (Å²) in [6.45, 7) is 2.22. The summed E-state index contributed by atoms with van der Waals surface area (Å²) in [4.78, 5) is 12.1. The molecule has 0 radical (unpaired) electrons. The van der Waals surface area contributed by atoms with E-state index < -0.39 is 0 Å². The van der Waals surface area contributed by atoms with Crippen molar-refractivity contribution in [2.24, 2.45) is 5.92 Å². The van der Waals surface area contributed by atoms with E-state index in [4.69, 9.17) is 16.0 Å². The van der Waals surface area contributed by atoms with Gasteiger partial charge in [-0.2, -0.15) is 0 Å². The van der Waals surface area contributed by atoms with Crippen molar-refractivity contribution in [1.82, 2.24) is 0 Å². The molecule has 1 fully saturated rings. The van der Waals surface area contributed by atoms with E-state index in [1.54, 1.807) is 18.2 Å². The minimum absolute atomic E-state index is 0.120. The van der Waals surface area contributed by atoms with Crippen LogP contribution in [0.2, 0.25) is 5.02 Å². The maximum absolute atomic E-state index is 12.1. The van der Waals surface area contributed by atoms with Crippen LogP contribution < -0.4 is 5.32 Å².